The summed E-state index contributed by atoms with van der Waals surface area (Å²) in [6, 6.07) is 5.21. The van der Waals surface area contributed by atoms with Crippen molar-refractivity contribution in [1.29, 1.82) is 0 Å². The Morgan fingerprint density at radius 1 is 1.42 bits per heavy atom. The van der Waals surface area contributed by atoms with Crippen LogP contribution in [-0.4, -0.2) is 34.4 Å². The Morgan fingerprint density at radius 2 is 2.16 bits per heavy atom. The first-order valence-corrected chi connectivity index (χ1v) is 7.74. The van der Waals surface area contributed by atoms with E-state index < -0.39 is 0 Å². The Balaban J connectivity index is 2.18. The second-order valence-electron chi connectivity index (χ2n) is 5.35. The van der Waals surface area contributed by atoms with Crippen LogP contribution in [0.25, 0.3) is 0 Å². The second kappa shape index (κ2) is 5.63. The Kier molecular flexibility index (Phi) is 4.31. The number of thioether (sulfide) groups is 1. The summed E-state index contributed by atoms with van der Waals surface area (Å²) in [5.41, 5.74) is 6.79. The molecule has 1 aliphatic rings. The number of para-hydroxylation sites is 1. The summed E-state index contributed by atoms with van der Waals surface area (Å²) < 4.78 is 0.231. The summed E-state index contributed by atoms with van der Waals surface area (Å²) in [5, 5.41) is 0.440. The van der Waals surface area contributed by atoms with Gasteiger partial charge in [0, 0.05) is 23.6 Å². The lowest BCUT2D eigenvalue weighted by Gasteiger charge is -2.23. The van der Waals surface area contributed by atoms with Gasteiger partial charge in [0.15, 0.2) is 0 Å². The van der Waals surface area contributed by atoms with Crippen LogP contribution in [0.4, 0.5) is 5.69 Å². The fourth-order valence-electron chi connectivity index (χ4n) is 2.12. The molecule has 0 unspecified atom stereocenters. The number of amides is 1. The van der Waals surface area contributed by atoms with E-state index in [1.54, 1.807) is 18.2 Å². The van der Waals surface area contributed by atoms with Crippen LogP contribution in [0, 0.1) is 0 Å². The lowest BCUT2D eigenvalue weighted by atomic mass is 10.1. The van der Waals surface area contributed by atoms with Gasteiger partial charge in [-0.3, -0.25) is 4.79 Å². The van der Waals surface area contributed by atoms with E-state index in [-0.39, 0.29) is 10.7 Å². The van der Waals surface area contributed by atoms with Gasteiger partial charge in [0.2, 0.25) is 0 Å². The highest BCUT2D eigenvalue weighted by Crippen LogP contribution is 2.32. The fourth-order valence-corrected chi connectivity index (χ4v) is 3.39. The van der Waals surface area contributed by atoms with E-state index in [1.165, 1.54) is 0 Å². The Hall–Kier alpha value is -0.870. The number of nitrogen functional groups attached to an aromatic ring is 1. The van der Waals surface area contributed by atoms with Crippen molar-refractivity contribution in [3.63, 3.8) is 0 Å². The lowest BCUT2D eigenvalue weighted by molar-refractivity contribution is 0.0765. The van der Waals surface area contributed by atoms with Crippen LogP contribution in [0.15, 0.2) is 18.2 Å². The fraction of sp³-hybridized carbons (Fsp3) is 0.500. The molecule has 3 nitrogen and oxygen atoms in total. The van der Waals surface area contributed by atoms with E-state index in [2.05, 4.69) is 13.8 Å². The zero-order chi connectivity index (χ0) is 14.0. The predicted molar refractivity (Wildman–Crippen MR) is 82.9 cm³/mol. The molecule has 1 aromatic rings. The molecular weight excluding hydrogens is 280 g/mol. The maximum Gasteiger partial charge on any atom is 0.256 e. The minimum Gasteiger partial charge on any atom is -0.397 e. The third-order valence-electron chi connectivity index (χ3n) is 3.41. The van der Waals surface area contributed by atoms with Crippen molar-refractivity contribution >= 4 is 35.0 Å². The van der Waals surface area contributed by atoms with Crippen molar-refractivity contribution in [2.24, 2.45) is 0 Å². The summed E-state index contributed by atoms with van der Waals surface area (Å²) in [5.74, 6) is 0.942. The maximum atomic E-state index is 12.5. The smallest absolute Gasteiger partial charge is 0.256 e. The van der Waals surface area contributed by atoms with Gasteiger partial charge in [-0.1, -0.05) is 31.5 Å². The van der Waals surface area contributed by atoms with Crippen molar-refractivity contribution in [3.8, 4) is 0 Å². The van der Waals surface area contributed by atoms with E-state index in [4.69, 9.17) is 17.3 Å². The third-order valence-corrected chi connectivity index (χ3v) is 5.11. The zero-order valence-corrected chi connectivity index (χ0v) is 12.9. The van der Waals surface area contributed by atoms with Crippen molar-refractivity contribution in [2.45, 2.75) is 25.0 Å². The monoisotopic (exact) mass is 298 g/mol. The number of anilines is 1. The number of carbonyl (C=O) groups excluding carboxylic acids is 1. The van der Waals surface area contributed by atoms with Crippen molar-refractivity contribution < 1.29 is 4.79 Å². The van der Waals surface area contributed by atoms with Gasteiger partial charge < -0.3 is 10.6 Å². The summed E-state index contributed by atoms with van der Waals surface area (Å²) >= 11 is 7.89. The summed E-state index contributed by atoms with van der Waals surface area (Å²) in [7, 11) is 0. The minimum atomic E-state index is -0.0155. The molecule has 1 amide bonds. The van der Waals surface area contributed by atoms with Crippen LogP contribution in [0.5, 0.6) is 0 Å². The SMILES string of the molecule is CC1(C)CCN(C(=O)c2cccc(Cl)c2N)CCS1. The number of nitrogens with two attached hydrogens (primary N) is 1. The summed E-state index contributed by atoms with van der Waals surface area (Å²) in [4.78, 5) is 14.4. The number of hydrogen-bond donors (Lipinski definition) is 1. The molecule has 0 atom stereocenters. The standard InChI is InChI=1S/C14H19ClN2OS/c1-14(2)6-7-17(8-9-19-14)13(18)10-4-3-5-11(15)12(10)16/h3-5H,6-9,16H2,1-2H3. The molecule has 0 spiro atoms. The number of benzene rings is 1. The van der Waals surface area contributed by atoms with E-state index in [0.717, 1.165) is 25.3 Å². The van der Waals surface area contributed by atoms with Gasteiger partial charge in [0.25, 0.3) is 5.91 Å². The van der Waals surface area contributed by atoms with Crippen LogP contribution in [-0.2, 0) is 0 Å². The van der Waals surface area contributed by atoms with E-state index in [1.807, 2.05) is 16.7 Å². The van der Waals surface area contributed by atoms with Gasteiger partial charge in [-0.25, -0.2) is 0 Å². The highest BCUT2D eigenvalue weighted by atomic mass is 35.5. The topological polar surface area (TPSA) is 46.3 Å². The molecule has 1 aromatic carbocycles. The molecule has 19 heavy (non-hydrogen) atoms. The molecule has 0 radical (unpaired) electrons. The number of rotatable bonds is 1. The summed E-state index contributed by atoms with van der Waals surface area (Å²) in [6.45, 7) is 5.97. The first-order valence-electron chi connectivity index (χ1n) is 6.38. The van der Waals surface area contributed by atoms with Gasteiger partial charge >= 0.3 is 0 Å². The van der Waals surface area contributed by atoms with Gasteiger partial charge in [0.1, 0.15) is 0 Å². The van der Waals surface area contributed by atoms with Crippen LogP contribution in [0.2, 0.25) is 5.02 Å². The van der Waals surface area contributed by atoms with Crippen molar-refractivity contribution in [3.05, 3.63) is 28.8 Å². The van der Waals surface area contributed by atoms with Gasteiger partial charge in [-0.2, -0.15) is 11.8 Å². The first kappa shape index (κ1) is 14.5. The minimum absolute atomic E-state index is 0.0155. The zero-order valence-electron chi connectivity index (χ0n) is 11.3. The molecule has 5 heteroatoms. The van der Waals surface area contributed by atoms with Crippen molar-refractivity contribution in [1.82, 2.24) is 4.90 Å². The maximum absolute atomic E-state index is 12.5. The molecule has 2 rings (SSSR count). The number of hydrogen-bond acceptors (Lipinski definition) is 3. The molecule has 1 saturated heterocycles. The highest BCUT2D eigenvalue weighted by Gasteiger charge is 2.27. The van der Waals surface area contributed by atoms with Crippen LogP contribution >= 0.6 is 23.4 Å². The van der Waals surface area contributed by atoms with Gasteiger partial charge in [-0.05, 0) is 18.6 Å². The average Bonchev–Trinajstić information content (AvgIpc) is 2.53. The Morgan fingerprint density at radius 3 is 2.89 bits per heavy atom. The van der Waals surface area contributed by atoms with Crippen LogP contribution < -0.4 is 5.73 Å². The quantitative estimate of drug-likeness (QED) is 0.809. The third kappa shape index (κ3) is 3.37. The average molecular weight is 299 g/mol. The van der Waals surface area contributed by atoms with Gasteiger partial charge in [-0.15, -0.1) is 0 Å². The molecule has 0 saturated carbocycles. The number of carbonyl (C=O) groups is 1. The highest BCUT2D eigenvalue weighted by molar-refractivity contribution is 8.00. The first-order chi connectivity index (χ1) is 8.91. The summed E-state index contributed by atoms with van der Waals surface area (Å²) in [6.07, 6.45) is 0.990. The van der Waals surface area contributed by atoms with E-state index in [9.17, 15) is 4.79 Å². The molecule has 0 bridgehead atoms. The number of halogens is 1. The molecule has 1 fully saturated rings. The Labute approximate surface area is 123 Å². The molecule has 1 aliphatic heterocycles. The van der Waals surface area contributed by atoms with E-state index >= 15 is 0 Å². The lowest BCUT2D eigenvalue weighted by Crippen LogP contribution is -2.34. The molecule has 104 valence electrons. The van der Waals surface area contributed by atoms with E-state index in [0.29, 0.717) is 16.3 Å². The van der Waals surface area contributed by atoms with Crippen LogP contribution in [0.1, 0.15) is 30.6 Å². The largest absolute Gasteiger partial charge is 0.397 e. The molecular formula is C14H19ClN2OS. The Bertz CT molecular complexity index is 490. The van der Waals surface area contributed by atoms with Crippen molar-refractivity contribution in [2.75, 3.05) is 24.6 Å². The van der Waals surface area contributed by atoms with Crippen LogP contribution in [0.3, 0.4) is 0 Å². The van der Waals surface area contributed by atoms with Gasteiger partial charge in [0.05, 0.1) is 16.3 Å². The second-order valence-corrected chi connectivity index (χ2v) is 7.56. The normalized spacial score (nSPS) is 19.0. The molecule has 1 heterocycles. The number of nitrogens with zero attached hydrogens (tertiary/aromatic N) is 1. The predicted octanol–water partition coefficient (Wildman–Crippen LogP) is 3.28. The molecule has 0 aromatic heterocycles. The molecule has 0 aliphatic carbocycles. The molecule has 2 N–H and O–H groups in total.